The number of hydrogen-bond donors (Lipinski definition) is 3. The van der Waals surface area contributed by atoms with Gasteiger partial charge in [-0.25, -0.2) is 15.0 Å². The average Bonchev–Trinajstić information content (AvgIpc) is 3.08. The van der Waals surface area contributed by atoms with Crippen LogP contribution in [0.1, 0.15) is 18.1 Å². The van der Waals surface area contributed by atoms with Crippen LogP contribution in [-0.2, 0) is 5.41 Å². The molecule has 29 heavy (non-hydrogen) atoms. The molecule has 4 rings (SSSR count). The minimum Gasteiger partial charge on any atom is -0.497 e. The molecule has 1 aliphatic rings. The summed E-state index contributed by atoms with van der Waals surface area (Å²) in [6, 6.07) is 7.48. The van der Waals surface area contributed by atoms with Crippen molar-refractivity contribution >= 4 is 29.1 Å². The zero-order valence-corrected chi connectivity index (χ0v) is 17.2. The maximum absolute atomic E-state index is 9.81. The van der Waals surface area contributed by atoms with Crippen LogP contribution in [0.5, 0.6) is 5.75 Å². The number of halogens is 1. The molecule has 3 N–H and O–H groups in total. The van der Waals surface area contributed by atoms with Gasteiger partial charge in [0.15, 0.2) is 0 Å². The van der Waals surface area contributed by atoms with Gasteiger partial charge in [0.05, 0.1) is 19.4 Å². The molecule has 0 amide bonds. The van der Waals surface area contributed by atoms with Gasteiger partial charge in [0.2, 0.25) is 5.95 Å². The second-order valence-electron chi connectivity index (χ2n) is 7.36. The number of aliphatic hydroxyl groups is 1. The fourth-order valence-corrected chi connectivity index (χ4v) is 3.53. The Hall–Kier alpha value is -2.90. The molecule has 8 heteroatoms. The average molecular weight is 412 g/mol. The van der Waals surface area contributed by atoms with E-state index < -0.39 is 0 Å². The number of methoxy groups -OCH3 is 1. The van der Waals surface area contributed by atoms with E-state index in [2.05, 4.69) is 25.6 Å². The molecule has 2 aromatic heterocycles. The third-order valence-electron chi connectivity index (χ3n) is 5.28. The first kappa shape index (κ1) is 19.4. The van der Waals surface area contributed by atoms with E-state index in [-0.39, 0.29) is 12.0 Å². The highest BCUT2D eigenvalue weighted by Gasteiger charge is 2.35. The van der Waals surface area contributed by atoms with Crippen molar-refractivity contribution in [2.45, 2.75) is 19.3 Å². The molecule has 0 saturated carbocycles. The van der Waals surface area contributed by atoms with Gasteiger partial charge in [-0.05, 0) is 30.7 Å². The Morgan fingerprint density at radius 2 is 2.14 bits per heavy atom. The Bertz CT molecular complexity index is 1070. The van der Waals surface area contributed by atoms with Crippen LogP contribution in [0.3, 0.4) is 0 Å². The lowest BCUT2D eigenvalue weighted by molar-refractivity contribution is 0.218. The topological polar surface area (TPSA) is 92.2 Å². The second kappa shape index (κ2) is 7.50. The Kier molecular flexibility index (Phi) is 5.02. The molecule has 0 radical (unpaired) electrons. The van der Waals surface area contributed by atoms with Crippen molar-refractivity contribution < 1.29 is 9.84 Å². The number of fused-ring (bicyclic) bond motifs is 1. The molecule has 0 fully saturated rings. The summed E-state index contributed by atoms with van der Waals surface area (Å²) in [6.45, 7) is 4.63. The monoisotopic (exact) mass is 411 g/mol. The molecule has 3 aromatic rings. The molecule has 1 atom stereocenters. The second-order valence-corrected chi connectivity index (χ2v) is 7.77. The number of hydrogen-bond acceptors (Lipinski definition) is 7. The van der Waals surface area contributed by atoms with Crippen molar-refractivity contribution in [2.24, 2.45) is 0 Å². The van der Waals surface area contributed by atoms with Crippen molar-refractivity contribution in [1.29, 1.82) is 0 Å². The van der Waals surface area contributed by atoms with E-state index in [0.717, 1.165) is 33.9 Å². The maximum atomic E-state index is 9.81. The van der Waals surface area contributed by atoms with Crippen molar-refractivity contribution in [1.82, 2.24) is 15.0 Å². The smallest absolute Gasteiger partial charge is 0.227 e. The molecule has 1 unspecified atom stereocenters. The van der Waals surface area contributed by atoms with Crippen LogP contribution < -0.4 is 15.4 Å². The number of benzene rings is 1. The molecule has 1 aliphatic heterocycles. The van der Waals surface area contributed by atoms with Gasteiger partial charge in [0.25, 0.3) is 0 Å². The largest absolute Gasteiger partial charge is 0.497 e. The lowest BCUT2D eigenvalue weighted by Gasteiger charge is -2.20. The van der Waals surface area contributed by atoms with Gasteiger partial charge in [-0.3, -0.25) is 0 Å². The summed E-state index contributed by atoms with van der Waals surface area (Å²) in [6.07, 6.45) is 3.47. The third kappa shape index (κ3) is 3.59. The summed E-state index contributed by atoms with van der Waals surface area (Å²) in [4.78, 5) is 13.5. The van der Waals surface area contributed by atoms with Gasteiger partial charge in [-0.15, -0.1) is 0 Å². The third-order valence-corrected chi connectivity index (χ3v) is 5.68. The first-order valence-electron chi connectivity index (χ1n) is 9.23. The summed E-state index contributed by atoms with van der Waals surface area (Å²) in [7, 11) is 1.59. The van der Waals surface area contributed by atoms with Gasteiger partial charge < -0.3 is 20.5 Å². The highest BCUT2D eigenvalue weighted by atomic mass is 35.5. The Morgan fingerprint density at radius 1 is 1.31 bits per heavy atom. The van der Waals surface area contributed by atoms with Gasteiger partial charge in [-0.2, -0.15) is 0 Å². The molecule has 0 bridgehead atoms. The fraction of sp³-hybridized carbons (Fsp3) is 0.286. The van der Waals surface area contributed by atoms with Crippen LogP contribution >= 0.6 is 11.6 Å². The Morgan fingerprint density at radius 3 is 2.90 bits per heavy atom. The van der Waals surface area contributed by atoms with E-state index in [4.69, 9.17) is 16.3 Å². The highest BCUT2D eigenvalue weighted by molar-refractivity contribution is 6.31. The predicted molar refractivity (Wildman–Crippen MR) is 114 cm³/mol. The van der Waals surface area contributed by atoms with Crippen LogP contribution in [0.15, 0.2) is 36.7 Å². The van der Waals surface area contributed by atoms with E-state index in [1.165, 1.54) is 0 Å². The molecular formula is C21H22ClN5O2. The van der Waals surface area contributed by atoms with Gasteiger partial charge >= 0.3 is 0 Å². The summed E-state index contributed by atoms with van der Waals surface area (Å²) in [5.41, 5.74) is 3.87. The lowest BCUT2D eigenvalue weighted by atomic mass is 9.85. The molecule has 1 aromatic carbocycles. The number of nitrogens with one attached hydrogen (secondary N) is 2. The number of rotatable bonds is 5. The normalized spacial score (nSPS) is 17.6. The summed E-state index contributed by atoms with van der Waals surface area (Å²) >= 11 is 6.29. The standard InChI is InChI=1S/C21H22ClN5O2/c1-12-16(22)7-14(29-3)8-18(12)27-20-23-5-4-17(26-20)13-6-15-19(24-9-13)25-10-21(15,2)11-28/h4-9,28H,10-11H2,1-3H3,(H,24,25)(H,23,26,27). The SMILES string of the molecule is COc1cc(Cl)c(C)c(Nc2nccc(-c3cnc4c(c3)C(C)(CO)CN4)n2)c1. The van der Waals surface area contributed by atoms with E-state index in [1.807, 2.05) is 32.0 Å². The summed E-state index contributed by atoms with van der Waals surface area (Å²) < 4.78 is 5.29. The first-order chi connectivity index (χ1) is 13.9. The zero-order chi connectivity index (χ0) is 20.6. The van der Waals surface area contributed by atoms with E-state index in [1.54, 1.807) is 25.6 Å². The Labute approximate surface area is 174 Å². The minimum atomic E-state index is -0.360. The van der Waals surface area contributed by atoms with E-state index in [0.29, 0.717) is 23.3 Å². The van der Waals surface area contributed by atoms with Crippen LogP contribution in [0.2, 0.25) is 5.02 Å². The Balaban J connectivity index is 1.68. The molecule has 3 heterocycles. The van der Waals surface area contributed by atoms with Crippen molar-refractivity contribution in [2.75, 3.05) is 30.9 Å². The number of anilines is 3. The molecule has 7 nitrogen and oxygen atoms in total. The maximum Gasteiger partial charge on any atom is 0.227 e. The van der Waals surface area contributed by atoms with Crippen LogP contribution in [0, 0.1) is 6.92 Å². The number of ether oxygens (including phenoxy) is 1. The van der Waals surface area contributed by atoms with Gasteiger partial charge in [0.1, 0.15) is 11.6 Å². The molecule has 150 valence electrons. The van der Waals surface area contributed by atoms with Crippen molar-refractivity contribution in [3.8, 4) is 17.0 Å². The van der Waals surface area contributed by atoms with E-state index >= 15 is 0 Å². The molecular weight excluding hydrogens is 390 g/mol. The number of aromatic nitrogens is 3. The molecule has 0 spiro atoms. The van der Waals surface area contributed by atoms with Crippen LogP contribution in [0.4, 0.5) is 17.5 Å². The van der Waals surface area contributed by atoms with E-state index in [9.17, 15) is 5.11 Å². The lowest BCUT2D eigenvalue weighted by Crippen LogP contribution is -2.28. The summed E-state index contributed by atoms with van der Waals surface area (Å²) in [5.74, 6) is 1.90. The van der Waals surface area contributed by atoms with Gasteiger partial charge in [0, 0.05) is 52.3 Å². The number of aliphatic hydroxyl groups excluding tert-OH is 1. The quantitative estimate of drug-likeness (QED) is 0.585. The number of pyridine rings is 1. The number of nitrogens with zero attached hydrogens (tertiary/aromatic N) is 3. The van der Waals surface area contributed by atoms with Gasteiger partial charge in [-0.1, -0.05) is 18.5 Å². The predicted octanol–water partition coefficient (Wildman–Crippen LogP) is 3.93. The minimum absolute atomic E-state index is 0.0462. The fourth-order valence-electron chi connectivity index (χ4n) is 3.32. The molecule has 0 saturated heterocycles. The zero-order valence-electron chi connectivity index (χ0n) is 16.5. The highest BCUT2D eigenvalue weighted by Crippen LogP contribution is 2.37. The van der Waals surface area contributed by atoms with Crippen molar-refractivity contribution in [3.05, 3.63) is 52.8 Å². The molecule has 0 aliphatic carbocycles. The summed E-state index contributed by atoms with van der Waals surface area (Å²) in [5, 5.41) is 16.9. The van der Waals surface area contributed by atoms with Crippen molar-refractivity contribution in [3.63, 3.8) is 0 Å². The van der Waals surface area contributed by atoms with Crippen LogP contribution in [0.25, 0.3) is 11.3 Å². The first-order valence-corrected chi connectivity index (χ1v) is 9.61. The van der Waals surface area contributed by atoms with Crippen LogP contribution in [-0.4, -0.2) is 40.3 Å².